The number of carboxylic acids is 1. The number of amides is 1. The molecule has 0 bridgehead atoms. The third kappa shape index (κ3) is 5.14. The van der Waals surface area contributed by atoms with Gasteiger partial charge in [0.25, 0.3) is 0 Å². The van der Waals surface area contributed by atoms with E-state index in [0.717, 1.165) is 4.88 Å². The molecule has 4 rings (SSSR count). The summed E-state index contributed by atoms with van der Waals surface area (Å²) in [7, 11) is 0. The van der Waals surface area contributed by atoms with Gasteiger partial charge in [0.1, 0.15) is 11.5 Å². The third-order valence-corrected chi connectivity index (χ3v) is 7.71. The molecular formula is C24H30ClN5O4S. The number of carbonyl (C=O) groups excluding carboxylic acids is 1. The molecule has 0 saturated carbocycles. The summed E-state index contributed by atoms with van der Waals surface area (Å²) in [5, 5.41) is 14.4. The molecule has 1 fully saturated rings. The van der Waals surface area contributed by atoms with Crippen LogP contribution in [-0.4, -0.2) is 55.2 Å². The number of nitrogens with two attached hydrogens (primary N) is 1. The number of rotatable bonds is 8. The summed E-state index contributed by atoms with van der Waals surface area (Å²) in [6.07, 6.45) is 1.14. The smallest absolute Gasteiger partial charge is 0.354 e. The summed E-state index contributed by atoms with van der Waals surface area (Å²) in [6, 6.07) is 5.14. The van der Waals surface area contributed by atoms with Crippen LogP contribution in [0.4, 0.5) is 0 Å². The van der Waals surface area contributed by atoms with Gasteiger partial charge in [0.05, 0.1) is 27.5 Å². The first-order chi connectivity index (χ1) is 16.6. The zero-order chi connectivity index (χ0) is 25.4. The van der Waals surface area contributed by atoms with Crippen LogP contribution in [-0.2, 0) is 11.3 Å². The zero-order valence-corrected chi connectivity index (χ0v) is 21.8. The molecule has 1 aliphatic heterocycles. The zero-order valence-electron chi connectivity index (χ0n) is 20.2. The van der Waals surface area contributed by atoms with Gasteiger partial charge in [-0.1, -0.05) is 30.6 Å². The minimum Gasteiger partial charge on any atom is -0.477 e. The number of hydrogen-bond acceptors (Lipinski definition) is 7. The molecule has 1 aliphatic rings. The summed E-state index contributed by atoms with van der Waals surface area (Å²) >= 11 is 7.42. The van der Waals surface area contributed by atoms with E-state index < -0.39 is 17.9 Å². The second-order valence-electron chi connectivity index (χ2n) is 9.51. The highest BCUT2D eigenvalue weighted by Crippen LogP contribution is 2.36. The molecule has 35 heavy (non-hydrogen) atoms. The fourth-order valence-electron chi connectivity index (χ4n) is 4.84. The number of carboxylic acid groups (broad SMARTS) is 1. The summed E-state index contributed by atoms with van der Waals surface area (Å²) in [4.78, 5) is 32.5. The number of primary amides is 1. The quantitative estimate of drug-likeness (QED) is 0.446. The summed E-state index contributed by atoms with van der Waals surface area (Å²) < 4.78 is 7.85. The number of imidazole rings is 1. The molecule has 3 aromatic heterocycles. The Balaban J connectivity index is 1.70. The van der Waals surface area contributed by atoms with E-state index in [4.69, 9.17) is 26.8 Å². The van der Waals surface area contributed by atoms with Crippen molar-refractivity contribution < 1.29 is 19.2 Å². The first kappa shape index (κ1) is 25.4. The molecule has 1 amide bonds. The molecular weight excluding hydrogens is 490 g/mol. The summed E-state index contributed by atoms with van der Waals surface area (Å²) in [6.45, 7) is 8.86. The lowest BCUT2D eigenvalue weighted by molar-refractivity contribution is -0.125. The summed E-state index contributed by atoms with van der Waals surface area (Å²) in [5.41, 5.74) is 6.94. The van der Waals surface area contributed by atoms with Crippen LogP contribution in [0.1, 0.15) is 80.1 Å². The Morgan fingerprint density at radius 3 is 2.63 bits per heavy atom. The van der Waals surface area contributed by atoms with Crippen LogP contribution in [0, 0.1) is 0 Å². The molecule has 1 saturated heterocycles. The Labute approximate surface area is 212 Å². The average Bonchev–Trinajstić information content (AvgIpc) is 3.51. The third-order valence-electron chi connectivity index (χ3n) is 6.46. The van der Waals surface area contributed by atoms with E-state index in [1.165, 1.54) is 11.3 Å². The normalized spacial score (nSPS) is 19.1. The number of piperidine rings is 1. The van der Waals surface area contributed by atoms with Gasteiger partial charge < -0.3 is 19.9 Å². The molecule has 9 nitrogen and oxygen atoms in total. The molecule has 2 unspecified atom stereocenters. The monoisotopic (exact) mass is 519 g/mol. The van der Waals surface area contributed by atoms with Crippen molar-refractivity contribution in [2.24, 2.45) is 5.73 Å². The number of carbonyl (C=O) groups is 2. The Morgan fingerprint density at radius 2 is 2.06 bits per heavy atom. The lowest BCUT2D eigenvalue weighted by Crippen LogP contribution is -2.52. The second kappa shape index (κ2) is 10.1. The molecule has 3 aromatic rings. The van der Waals surface area contributed by atoms with Gasteiger partial charge in [0.15, 0.2) is 11.5 Å². The van der Waals surface area contributed by atoms with Crippen molar-refractivity contribution in [1.29, 1.82) is 0 Å². The minimum atomic E-state index is -1.06. The lowest BCUT2D eigenvalue weighted by Gasteiger charge is -2.39. The highest BCUT2D eigenvalue weighted by atomic mass is 35.5. The molecule has 188 valence electrons. The number of halogens is 1. The average molecular weight is 520 g/mol. The summed E-state index contributed by atoms with van der Waals surface area (Å²) in [5.74, 6) is -0.434. The van der Waals surface area contributed by atoms with E-state index in [2.05, 4.69) is 10.1 Å². The first-order valence-electron chi connectivity index (χ1n) is 11.7. The maximum atomic E-state index is 12.5. The van der Waals surface area contributed by atoms with Gasteiger partial charge >= 0.3 is 5.97 Å². The van der Waals surface area contributed by atoms with Crippen molar-refractivity contribution in [1.82, 2.24) is 19.6 Å². The van der Waals surface area contributed by atoms with Gasteiger partial charge in [0, 0.05) is 23.9 Å². The second-order valence-corrected chi connectivity index (χ2v) is 11.2. The highest BCUT2D eigenvalue weighted by Gasteiger charge is 2.38. The number of nitrogens with zero attached hydrogens (tertiary/aromatic N) is 4. The van der Waals surface area contributed by atoms with Gasteiger partial charge in [-0.15, -0.1) is 11.3 Å². The van der Waals surface area contributed by atoms with Crippen LogP contribution in [0.25, 0.3) is 10.6 Å². The maximum absolute atomic E-state index is 12.5. The molecule has 11 heteroatoms. The van der Waals surface area contributed by atoms with Crippen LogP contribution in [0.15, 0.2) is 22.7 Å². The van der Waals surface area contributed by atoms with Gasteiger partial charge in [-0.25, -0.2) is 9.78 Å². The molecule has 2 atom stereocenters. The number of aromatic carboxylic acids is 1. The fraction of sp³-hybridized carbons (Fsp3) is 0.500. The van der Waals surface area contributed by atoms with Crippen molar-refractivity contribution in [3.05, 3.63) is 45.4 Å². The minimum absolute atomic E-state index is 0.0213. The van der Waals surface area contributed by atoms with E-state index in [1.807, 2.05) is 33.8 Å². The Bertz CT molecular complexity index is 1230. The number of hydrogen-bond donors (Lipinski definition) is 2. The van der Waals surface area contributed by atoms with Crippen molar-refractivity contribution in [2.75, 3.05) is 6.54 Å². The van der Waals surface area contributed by atoms with E-state index in [-0.39, 0.29) is 30.1 Å². The molecule has 0 radical (unpaired) electrons. The Kier molecular flexibility index (Phi) is 7.35. The van der Waals surface area contributed by atoms with E-state index >= 15 is 0 Å². The van der Waals surface area contributed by atoms with Crippen molar-refractivity contribution >= 4 is 34.8 Å². The number of likely N-dealkylation sites (tertiary alicyclic amines) is 1. The maximum Gasteiger partial charge on any atom is 0.354 e. The van der Waals surface area contributed by atoms with Crippen molar-refractivity contribution in [3.63, 3.8) is 0 Å². The topological polar surface area (TPSA) is 127 Å². The molecule has 4 heterocycles. The van der Waals surface area contributed by atoms with Crippen molar-refractivity contribution in [3.8, 4) is 10.6 Å². The van der Waals surface area contributed by atoms with Gasteiger partial charge in [0.2, 0.25) is 5.91 Å². The highest BCUT2D eigenvalue weighted by molar-refractivity contribution is 7.19. The standard InChI is InChI=1S/C24H30ClN5O4S/c1-12(2)23-27-20(14-7-8-29(13(3)4)16(9-14)22(26)31)21(24(32)33)30(23)11-15-10-17(34-28-15)18-5-6-19(25)35-18/h5-6,10,12-14,16H,7-9,11H2,1-4H3,(H2,26,31)(H,32,33). The van der Waals surface area contributed by atoms with Crippen LogP contribution in [0.3, 0.4) is 0 Å². The van der Waals surface area contributed by atoms with Gasteiger partial charge in [-0.3, -0.25) is 9.69 Å². The predicted octanol–water partition coefficient (Wildman–Crippen LogP) is 4.56. The Hall–Kier alpha value is -2.69. The predicted molar refractivity (Wildman–Crippen MR) is 134 cm³/mol. The SMILES string of the molecule is CC(C)c1nc(C2CCN(C(C)C)C(C(N)=O)C2)c(C(=O)O)n1Cc1cc(-c2ccc(Cl)s2)on1. The van der Waals surface area contributed by atoms with E-state index in [0.29, 0.717) is 46.7 Å². The van der Waals surface area contributed by atoms with Crippen molar-refractivity contribution in [2.45, 2.75) is 71.0 Å². The van der Waals surface area contributed by atoms with Crippen LogP contribution in [0.2, 0.25) is 4.34 Å². The van der Waals surface area contributed by atoms with Crippen LogP contribution < -0.4 is 5.73 Å². The molecule has 3 N–H and O–H groups in total. The number of aromatic nitrogens is 3. The van der Waals surface area contributed by atoms with Crippen LogP contribution in [0.5, 0.6) is 0 Å². The fourth-order valence-corrected chi connectivity index (χ4v) is 5.83. The molecule has 0 spiro atoms. The first-order valence-corrected chi connectivity index (χ1v) is 12.9. The van der Waals surface area contributed by atoms with Gasteiger partial charge in [-0.2, -0.15) is 0 Å². The lowest BCUT2D eigenvalue weighted by atomic mass is 9.86. The van der Waals surface area contributed by atoms with E-state index in [1.54, 1.807) is 16.7 Å². The van der Waals surface area contributed by atoms with E-state index in [9.17, 15) is 14.7 Å². The largest absolute Gasteiger partial charge is 0.477 e. The number of thiophene rings is 1. The van der Waals surface area contributed by atoms with Crippen LogP contribution >= 0.6 is 22.9 Å². The molecule has 0 aliphatic carbocycles. The molecule has 0 aromatic carbocycles. The Morgan fingerprint density at radius 1 is 1.31 bits per heavy atom. The van der Waals surface area contributed by atoms with Gasteiger partial charge in [-0.05, 0) is 45.4 Å².